The van der Waals surface area contributed by atoms with Crippen molar-refractivity contribution >= 4 is 0 Å². The van der Waals surface area contributed by atoms with Gasteiger partial charge in [0.2, 0.25) is 0 Å². The maximum Gasteiger partial charge on any atom is 0.123 e. The summed E-state index contributed by atoms with van der Waals surface area (Å²) in [5.74, 6) is -0.216. The summed E-state index contributed by atoms with van der Waals surface area (Å²) in [6.07, 6.45) is 1.80. The monoisotopic (exact) mass is 275 g/mol. The number of nitrogens with one attached hydrogen (secondary N) is 1. The second-order valence-corrected chi connectivity index (χ2v) is 4.96. The van der Waals surface area contributed by atoms with Crippen molar-refractivity contribution in [1.29, 1.82) is 0 Å². The van der Waals surface area contributed by atoms with E-state index in [0.29, 0.717) is 0 Å². The minimum Gasteiger partial charge on any atom is -0.313 e. The first kappa shape index (κ1) is 14.7. The van der Waals surface area contributed by atoms with Crippen LogP contribution in [-0.2, 0) is 12.8 Å². The summed E-state index contributed by atoms with van der Waals surface area (Å²) in [4.78, 5) is 0. The first-order valence-corrected chi connectivity index (χ1v) is 7.15. The Morgan fingerprint density at radius 1 is 1.25 bits per heavy atom. The molecule has 2 aromatic rings. The van der Waals surface area contributed by atoms with Crippen molar-refractivity contribution in [2.45, 2.75) is 39.7 Å². The summed E-state index contributed by atoms with van der Waals surface area (Å²) >= 11 is 0. The zero-order valence-corrected chi connectivity index (χ0v) is 12.6. The molecule has 4 heteroatoms. The molecule has 1 aromatic carbocycles. The molecule has 0 aliphatic carbocycles. The molecular formula is C16H22FN3. The lowest BCUT2D eigenvalue weighted by Gasteiger charge is -2.17. The number of benzene rings is 1. The smallest absolute Gasteiger partial charge is 0.123 e. The number of halogens is 1. The molecule has 1 unspecified atom stereocenters. The molecule has 0 bridgehead atoms. The zero-order valence-electron chi connectivity index (χ0n) is 12.6. The van der Waals surface area contributed by atoms with Crippen LogP contribution in [-0.4, -0.2) is 16.8 Å². The maximum absolute atomic E-state index is 13.6. The average Bonchev–Trinajstić information content (AvgIpc) is 2.89. The summed E-state index contributed by atoms with van der Waals surface area (Å²) in [7, 11) is 1.88. The highest BCUT2D eigenvalue weighted by Gasteiger charge is 2.15. The number of aromatic nitrogens is 2. The lowest BCUT2D eigenvalue weighted by atomic mass is 10.1. The van der Waals surface area contributed by atoms with Crippen LogP contribution in [0.25, 0.3) is 5.69 Å². The van der Waals surface area contributed by atoms with Crippen molar-refractivity contribution in [3.63, 3.8) is 0 Å². The van der Waals surface area contributed by atoms with Crippen LogP contribution in [0.1, 0.15) is 43.8 Å². The van der Waals surface area contributed by atoms with E-state index in [-0.39, 0.29) is 11.9 Å². The van der Waals surface area contributed by atoms with Crippen molar-refractivity contribution in [2.75, 3.05) is 7.05 Å². The van der Waals surface area contributed by atoms with E-state index in [4.69, 9.17) is 0 Å². The molecule has 0 spiro atoms. The Labute approximate surface area is 119 Å². The van der Waals surface area contributed by atoms with E-state index in [1.54, 1.807) is 6.07 Å². The van der Waals surface area contributed by atoms with Crippen molar-refractivity contribution in [3.05, 3.63) is 47.0 Å². The third kappa shape index (κ3) is 2.75. The molecule has 1 heterocycles. The van der Waals surface area contributed by atoms with Gasteiger partial charge in [0.15, 0.2) is 0 Å². The lowest BCUT2D eigenvalue weighted by Crippen LogP contribution is -2.16. The van der Waals surface area contributed by atoms with Crippen LogP contribution in [0.3, 0.4) is 0 Å². The average molecular weight is 275 g/mol. The van der Waals surface area contributed by atoms with E-state index in [1.165, 1.54) is 6.07 Å². The fraction of sp³-hybridized carbons (Fsp3) is 0.438. The topological polar surface area (TPSA) is 29.9 Å². The molecule has 0 aliphatic rings. The molecule has 0 radical (unpaired) electrons. The summed E-state index contributed by atoms with van der Waals surface area (Å²) in [6.45, 7) is 6.22. The maximum atomic E-state index is 13.6. The van der Waals surface area contributed by atoms with Gasteiger partial charge in [-0.2, -0.15) is 5.10 Å². The van der Waals surface area contributed by atoms with Crippen LogP contribution in [0.4, 0.5) is 4.39 Å². The van der Waals surface area contributed by atoms with Crippen LogP contribution in [0, 0.1) is 5.82 Å². The second-order valence-electron chi connectivity index (χ2n) is 4.96. The largest absolute Gasteiger partial charge is 0.313 e. The van der Waals surface area contributed by atoms with Crippen molar-refractivity contribution in [1.82, 2.24) is 15.1 Å². The van der Waals surface area contributed by atoms with Gasteiger partial charge in [0, 0.05) is 11.7 Å². The van der Waals surface area contributed by atoms with Crippen molar-refractivity contribution in [2.24, 2.45) is 0 Å². The van der Waals surface area contributed by atoms with Gasteiger partial charge >= 0.3 is 0 Å². The standard InChI is InChI=1S/C16H22FN3/c1-5-13-10-14(6-2)20(19-13)16-8-7-12(17)9-15(16)11(3)18-4/h7-11,18H,5-6H2,1-4H3. The molecule has 0 saturated heterocycles. The van der Waals surface area contributed by atoms with Gasteiger partial charge in [-0.15, -0.1) is 0 Å². The molecule has 0 saturated carbocycles. The summed E-state index contributed by atoms with van der Waals surface area (Å²) in [5.41, 5.74) is 4.09. The predicted molar refractivity (Wildman–Crippen MR) is 79.8 cm³/mol. The van der Waals surface area contributed by atoms with Gasteiger partial charge in [-0.3, -0.25) is 0 Å². The van der Waals surface area contributed by atoms with Crippen molar-refractivity contribution < 1.29 is 4.39 Å². The summed E-state index contributed by atoms with van der Waals surface area (Å²) in [5, 5.41) is 7.81. The zero-order chi connectivity index (χ0) is 14.7. The minimum absolute atomic E-state index is 0.0692. The van der Waals surface area contributed by atoms with Crippen LogP contribution in [0.2, 0.25) is 0 Å². The van der Waals surface area contributed by atoms with E-state index in [0.717, 1.165) is 35.5 Å². The Bertz CT molecular complexity index is 589. The van der Waals surface area contributed by atoms with Crippen LogP contribution >= 0.6 is 0 Å². The van der Waals surface area contributed by atoms with E-state index >= 15 is 0 Å². The summed E-state index contributed by atoms with van der Waals surface area (Å²) in [6, 6.07) is 7.08. The molecule has 1 atom stereocenters. The van der Waals surface area contributed by atoms with Crippen LogP contribution in [0.15, 0.2) is 24.3 Å². The molecule has 0 fully saturated rings. The van der Waals surface area contributed by atoms with Crippen LogP contribution < -0.4 is 5.32 Å². The molecular weight excluding hydrogens is 253 g/mol. The molecule has 3 nitrogen and oxygen atoms in total. The highest BCUT2D eigenvalue weighted by molar-refractivity contribution is 5.44. The molecule has 1 aromatic heterocycles. The number of nitrogens with zero attached hydrogens (tertiary/aromatic N) is 2. The van der Waals surface area contributed by atoms with Crippen LogP contribution in [0.5, 0.6) is 0 Å². The first-order chi connectivity index (χ1) is 9.60. The van der Waals surface area contributed by atoms with Gasteiger partial charge in [0.05, 0.1) is 11.4 Å². The fourth-order valence-electron chi connectivity index (χ4n) is 2.33. The third-order valence-corrected chi connectivity index (χ3v) is 3.68. The Kier molecular flexibility index (Phi) is 4.55. The molecule has 2 rings (SSSR count). The summed E-state index contributed by atoms with van der Waals surface area (Å²) < 4.78 is 15.5. The Morgan fingerprint density at radius 2 is 2.00 bits per heavy atom. The lowest BCUT2D eigenvalue weighted by molar-refractivity contribution is 0.602. The van der Waals surface area contributed by atoms with E-state index in [2.05, 4.69) is 30.3 Å². The SMILES string of the molecule is CCc1cc(CC)n(-c2ccc(F)cc2C(C)NC)n1. The van der Waals surface area contributed by atoms with Gasteiger partial charge in [0.1, 0.15) is 5.82 Å². The molecule has 0 aliphatic heterocycles. The van der Waals surface area contributed by atoms with E-state index in [1.807, 2.05) is 24.7 Å². The van der Waals surface area contributed by atoms with E-state index < -0.39 is 0 Å². The van der Waals surface area contributed by atoms with E-state index in [9.17, 15) is 4.39 Å². The Balaban J connectivity index is 2.59. The minimum atomic E-state index is -0.216. The fourth-order valence-corrected chi connectivity index (χ4v) is 2.33. The molecule has 108 valence electrons. The molecule has 1 N–H and O–H groups in total. The normalized spacial score (nSPS) is 12.7. The first-order valence-electron chi connectivity index (χ1n) is 7.15. The van der Waals surface area contributed by atoms with Gasteiger partial charge in [-0.1, -0.05) is 13.8 Å². The highest BCUT2D eigenvalue weighted by Crippen LogP contribution is 2.24. The molecule has 0 amide bonds. The number of aryl methyl sites for hydroxylation is 2. The number of hydrogen-bond donors (Lipinski definition) is 1. The van der Waals surface area contributed by atoms with Crippen molar-refractivity contribution in [3.8, 4) is 5.69 Å². The Morgan fingerprint density at radius 3 is 2.60 bits per heavy atom. The third-order valence-electron chi connectivity index (χ3n) is 3.68. The Hall–Kier alpha value is -1.68. The highest BCUT2D eigenvalue weighted by atomic mass is 19.1. The number of hydrogen-bond acceptors (Lipinski definition) is 2. The van der Waals surface area contributed by atoms with Gasteiger partial charge in [-0.25, -0.2) is 9.07 Å². The van der Waals surface area contributed by atoms with Gasteiger partial charge < -0.3 is 5.32 Å². The molecule has 20 heavy (non-hydrogen) atoms. The quantitative estimate of drug-likeness (QED) is 0.906. The van der Waals surface area contributed by atoms with Gasteiger partial charge in [-0.05, 0) is 56.6 Å². The van der Waals surface area contributed by atoms with Gasteiger partial charge in [0.25, 0.3) is 0 Å². The predicted octanol–water partition coefficient (Wildman–Crippen LogP) is 3.42. The number of rotatable bonds is 5. The second kappa shape index (κ2) is 6.18.